The minimum absolute atomic E-state index is 0.265. The third kappa shape index (κ3) is 1.98. The molecule has 0 aromatic heterocycles. The summed E-state index contributed by atoms with van der Waals surface area (Å²) in [6, 6.07) is 9.46. The fourth-order valence-electron chi connectivity index (χ4n) is 1.33. The van der Waals surface area contributed by atoms with Crippen molar-refractivity contribution in [2.45, 2.75) is 4.87 Å². The van der Waals surface area contributed by atoms with Crippen molar-refractivity contribution in [2.24, 2.45) is 5.10 Å². The van der Waals surface area contributed by atoms with Crippen LogP contribution >= 0.6 is 23.2 Å². The van der Waals surface area contributed by atoms with Crippen molar-refractivity contribution >= 4 is 40.3 Å². The summed E-state index contributed by atoms with van der Waals surface area (Å²) in [7, 11) is 0. The normalized spacial score (nSPS) is 24.5. The van der Waals surface area contributed by atoms with Crippen LogP contribution in [0, 0.1) is 0 Å². The Balaban J connectivity index is 2.19. The molecule has 0 aliphatic carbocycles. The summed E-state index contributed by atoms with van der Waals surface area (Å²) >= 11 is 11.4. The van der Waals surface area contributed by atoms with Gasteiger partial charge in [-0.3, -0.25) is 9.80 Å². The van der Waals surface area contributed by atoms with Crippen LogP contribution < -0.4 is 5.01 Å². The number of benzene rings is 1. The Labute approximate surface area is 97.3 Å². The Hall–Kier alpha value is -1.06. The number of carbonyl (C=O) groups excluding carboxylic acids is 1. The highest BCUT2D eigenvalue weighted by Gasteiger charge is 2.39. The lowest BCUT2D eigenvalue weighted by Gasteiger charge is -2.18. The largest absolute Gasteiger partial charge is 0.279 e. The van der Waals surface area contributed by atoms with Crippen molar-refractivity contribution in [3.8, 4) is 0 Å². The number of anilines is 1. The topological polar surface area (TPSA) is 32.7 Å². The maximum atomic E-state index is 11.1. The van der Waals surface area contributed by atoms with E-state index in [-0.39, 0.29) is 6.54 Å². The third-order valence-corrected chi connectivity index (χ3v) is 2.99. The van der Waals surface area contributed by atoms with Gasteiger partial charge in [-0.2, -0.15) is 5.10 Å². The van der Waals surface area contributed by atoms with E-state index in [0.717, 1.165) is 5.69 Å². The van der Waals surface area contributed by atoms with Gasteiger partial charge in [0.15, 0.2) is 4.87 Å². The van der Waals surface area contributed by atoms with E-state index in [1.807, 2.05) is 30.3 Å². The van der Waals surface area contributed by atoms with Crippen LogP contribution in [0.1, 0.15) is 0 Å². The van der Waals surface area contributed by atoms with Gasteiger partial charge in [0, 0.05) is 0 Å². The molecule has 3 nitrogen and oxygen atoms in total. The number of carbonyl (C=O) groups is 1. The Bertz CT molecular complexity index is 407. The van der Waals surface area contributed by atoms with Crippen molar-refractivity contribution < 1.29 is 4.79 Å². The zero-order valence-corrected chi connectivity index (χ0v) is 9.24. The average molecular weight is 243 g/mol. The summed E-state index contributed by atoms with van der Waals surface area (Å²) in [5.41, 5.74) is 0.884. The molecule has 0 bridgehead atoms. The molecule has 1 aromatic rings. The lowest BCUT2D eigenvalue weighted by atomic mass is 10.2. The predicted molar refractivity (Wildman–Crippen MR) is 61.7 cm³/mol. The number of halogens is 2. The van der Waals surface area contributed by atoms with Crippen LogP contribution in [0.15, 0.2) is 35.4 Å². The van der Waals surface area contributed by atoms with Crippen LogP contribution in [-0.2, 0) is 4.79 Å². The average Bonchev–Trinajstić information content (AvgIpc) is 2.64. The monoisotopic (exact) mass is 242 g/mol. The van der Waals surface area contributed by atoms with Gasteiger partial charge in [0.2, 0.25) is 5.24 Å². The maximum Gasteiger partial charge on any atom is 0.250 e. The van der Waals surface area contributed by atoms with E-state index in [2.05, 4.69) is 5.10 Å². The number of hydrogen-bond acceptors (Lipinski definition) is 3. The molecule has 0 saturated heterocycles. The quantitative estimate of drug-likeness (QED) is 0.589. The van der Waals surface area contributed by atoms with E-state index >= 15 is 0 Å². The van der Waals surface area contributed by atoms with Crippen LogP contribution in [-0.4, -0.2) is 22.9 Å². The van der Waals surface area contributed by atoms with E-state index in [0.29, 0.717) is 0 Å². The van der Waals surface area contributed by atoms with E-state index in [1.54, 1.807) is 5.01 Å². The second-order valence-electron chi connectivity index (χ2n) is 3.27. The second-order valence-corrected chi connectivity index (χ2v) is 4.29. The molecule has 0 fully saturated rings. The first-order chi connectivity index (χ1) is 7.12. The molecule has 78 valence electrons. The zero-order valence-electron chi connectivity index (χ0n) is 7.73. The number of hydrogen-bond donors (Lipinski definition) is 0. The molecule has 0 radical (unpaired) electrons. The van der Waals surface area contributed by atoms with E-state index < -0.39 is 10.1 Å². The first kappa shape index (κ1) is 10.5. The summed E-state index contributed by atoms with van der Waals surface area (Å²) in [6.45, 7) is 0.265. The molecule has 2 rings (SSSR count). The van der Waals surface area contributed by atoms with Crippen LogP contribution in [0.5, 0.6) is 0 Å². The van der Waals surface area contributed by atoms with Gasteiger partial charge in [-0.25, -0.2) is 0 Å². The van der Waals surface area contributed by atoms with E-state index in [4.69, 9.17) is 23.2 Å². The first-order valence-corrected chi connectivity index (χ1v) is 5.14. The SMILES string of the molecule is O=C(Cl)C1(Cl)C=NN(c2ccccc2)C1. The molecule has 1 heterocycles. The van der Waals surface area contributed by atoms with Gasteiger partial charge in [0.1, 0.15) is 0 Å². The Morgan fingerprint density at radius 1 is 1.40 bits per heavy atom. The molecule has 5 heteroatoms. The van der Waals surface area contributed by atoms with Gasteiger partial charge in [0.05, 0.1) is 18.4 Å². The molecule has 0 saturated carbocycles. The van der Waals surface area contributed by atoms with E-state index in [9.17, 15) is 4.79 Å². The van der Waals surface area contributed by atoms with Gasteiger partial charge in [-0.1, -0.05) is 18.2 Å². The second kappa shape index (κ2) is 3.83. The summed E-state index contributed by atoms with van der Waals surface area (Å²) in [5.74, 6) is 0. The van der Waals surface area contributed by atoms with Crippen LogP contribution in [0.2, 0.25) is 0 Å². The third-order valence-electron chi connectivity index (χ3n) is 2.16. The Morgan fingerprint density at radius 2 is 2.07 bits per heavy atom. The molecule has 1 atom stereocenters. The standard InChI is InChI=1S/C10H8Cl2N2O/c11-9(15)10(12)6-13-14(7-10)8-4-2-1-3-5-8/h1-6H,7H2. The number of nitrogens with zero attached hydrogens (tertiary/aromatic N) is 2. The first-order valence-electron chi connectivity index (χ1n) is 4.38. The summed E-state index contributed by atoms with van der Waals surface area (Å²) < 4.78 is 0. The van der Waals surface area contributed by atoms with Crippen molar-refractivity contribution in [3.63, 3.8) is 0 Å². The Morgan fingerprint density at radius 3 is 2.60 bits per heavy atom. The molecule has 1 aliphatic heterocycles. The molecule has 1 aromatic carbocycles. The summed E-state index contributed by atoms with van der Waals surface area (Å²) in [4.78, 5) is 9.86. The molecule has 1 unspecified atom stereocenters. The van der Waals surface area contributed by atoms with Crippen molar-refractivity contribution in [2.75, 3.05) is 11.6 Å². The summed E-state index contributed by atoms with van der Waals surface area (Å²) in [5, 5.41) is 5.09. The van der Waals surface area contributed by atoms with E-state index in [1.165, 1.54) is 6.21 Å². The summed E-state index contributed by atoms with van der Waals surface area (Å²) in [6.07, 6.45) is 1.37. The molecule has 15 heavy (non-hydrogen) atoms. The molecular formula is C10H8Cl2N2O. The van der Waals surface area contributed by atoms with Gasteiger partial charge < -0.3 is 0 Å². The van der Waals surface area contributed by atoms with Crippen LogP contribution in [0.3, 0.4) is 0 Å². The smallest absolute Gasteiger partial charge is 0.250 e. The van der Waals surface area contributed by atoms with Gasteiger partial charge in [-0.05, 0) is 23.7 Å². The molecule has 0 amide bonds. The lowest BCUT2D eigenvalue weighted by molar-refractivity contribution is -0.112. The van der Waals surface area contributed by atoms with Crippen molar-refractivity contribution in [1.29, 1.82) is 0 Å². The fraction of sp³-hybridized carbons (Fsp3) is 0.200. The Kier molecular flexibility index (Phi) is 2.67. The highest BCUT2D eigenvalue weighted by Crippen LogP contribution is 2.27. The molecule has 1 aliphatic rings. The number of rotatable bonds is 2. The van der Waals surface area contributed by atoms with Gasteiger partial charge >= 0.3 is 0 Å². The fourth-order valence-corrected chi connectivity index (χ4v) is 1.60. The number of para-hydroxylation sites is 1. The van der Waals surface area contributed by atoms with Crippen LogP contribution in [0.25, 0.3) is 0 Å². The minimum Gasteiger partial charge on any atom is -0.279 e. The molecular weight excluding hydrogens is 235 g/mol. The number of hydrazone groups is 1. The minimum atomic E-state index is -1.20. The van der Waals surface area contributed by atoms with Crippen LogP contribution in [0.4, 0.5) is 5.69 Å². The maximum absolute atomic E-state index is 11.1. The van der Waals surface area contributed by atoms with Gasteiger partial charge in [0.25, 0.3) is 0 Å². The highest BCUT2D eigenvalue weighted by molar-refractivity contribution is 6.73. The molecule has 0 N–H and O–H groups in total. The van der Waals surface area contributed by atoms with Crippen molar-refractivity contribution in [3.05, 3.63) is 30.3 Å². The van der Waals surface area contributed by atoms with Gasteiger partial charge in [-0.15, -0.1) is 11.6 Å². The zero-order chi connectivity index (χ0) is 10.9. The number of alkyl halides is 1. The van der Waals surface area contributed by atoms with Crippen molar-refractivity contribution in [1.82, 2.24) is 0 Å². The lowest BCUT2D eigenvalue weighted by Crippen LogP contribution is -2.36. The highest BCUT2D eigenvalue weighted by atomic mass is 35.5. The predicted octanol–water partition coefficient (Wildman–Crippen LogP) is 2.24. The molecule has 0 spiro atoms.